The molecule has 2 rings (SSSR count). The zero-order chi connectivity index (χ0) is 13.5. The quantitative estimate of drug-likeness (QED) is 0.737. The maximum Gasteiger partial charge on any atom is 0.133 e. The molecule has 1 aromatic rings. The highest BCUT2D eigenvalue weighted by Crippen LogP contribution is 2.26. The number of anilines is 2. The number of aromatic nitrogens is 2. The number of aliphatic hydroxyl groups is 1. The van der Waals surface area contributed by atoms with Crippen molar-refractivity contribution in [3.8, 4) is 0 Å². The molecule has 0 radical (unpaired) electrons. The van der Waals surface area contributed by atoms with Gasteiger partial charge in [-0.2, -0.15) is 0 Å². The number of nitrogens with zero attached hydrogens (tertiary/aromatic N) is 3. The lowest BCUT2D eigenvalue weighted by atomic mass is 10.1. The number of nitrogens with one attached hydrogen (secondary N) is 1. The lowest BCUT2D eigenvalue weighted by Gasteiger charge is -2.22. The van der Waals surface area contributed by atoms with Gasteiger partial charge in [0.2, 0.25) is 0 Å². The Balaban J connectivity index is 1.89. The van der Waals surface area contributed by atoms with Crippen LogP contribution in [0.3, 0.4) is 0 Å². The van der Waals surface area contributed by atoms with Crippen LogP contribution in [-0.2, 0) is 0 Å². The first-order valence-electron chi connectivity index (χ1n) is 7.17. The molecule has 0 unspecified atom stereocenters. The van der Waals surface area contributed by atoms with Crippen molar-refractivity contribution in [2.24, 2.45) is 5.92 Å². The van der Waals surface area contributed by atoms with E-state index in [-0.39, 0.29) is 6.61 Å². The summed E-state index contributed by atoms with van der Waals surface area (Å²) in [4.78, 5) is 10.7. The van der Waals surface area contributed by atoms with E-state index in [4.69, 9.17) is 5.11 Å². The van der Waals surface area contributed by atoms with Crippen molar-refractivity contribution in [1.29, 1.82) is 0 Å². The minimum atomic E-state index is 0.201. The average molecular weight is 264 g/mol. The summed E-state index contributed by atoms with van der Waals surface area (Å²) in [5.41, 5.74) is 0. The van der Waals surface area contributed by atoms with Gasteiger partial charge in [0.25, 0.3) is 0 Å². The molecule has 5 nitrogen and oxygen atoms in total. The molecule has 0 bridgehead atoms. The topological polar surface area (TPSA) is 61.3 Å². The van der Waals surface area contributed by atoms with Crippen LogP contribution in [0.2, 0.25) is 0 Å². The first-order chi connectivity index (χ1) is 9.29. The monoisotopic (exact) mass is 264 g/mol. The van der Waals surface area contributed by atoms with E-state index < -0.39 is 0 Å². The predicted molar refractivity (Wildman–Crippen MR) is 77.5 cm³/mol. The third kappa shape index (κ3) is 4.35. The minimum absolute atomic E-state index is 0.201. The largest absolute Gasteiger partial charge is 0.396 e. The van der Waals surface area contributed by atoms with Gasteiger partial charge in [-0.05, 0) is 25.2 Å². The summed E-state index contributed by atoms with van der Waals surface area (Å²) < 4.78 is 0. The molecule has 1 aliphatic carbocycles. The fourth-order valence-electron chi connectivity index (χ4n) is 2.62. The highest BCUT2D eigenvalue weighted by molar-refractivity contribution is 5.47. The normalized spacial score (nSPS) is 15.7. The molecule has 2 N–H and O–H groups in total. The Kier molecular flexibility index (Phi) is 5.39. The Labute approximate surface area is 115 Å². The molecule has 0 aliphatic heterocycles. The lowest BCUT2D eigenvalue weighted by molar-refractivity contribution is 0.292. The molecule has 106 valence electrons. The zero-order valence-corrected chi connectivity index (χ0v) is 11.7. The lowest BCUT2D eigenvalue weighted by Crippen LogP contribution is -2.25. The molecule has 0 atom stereocenters. The van der Waals surface area contributed by atoms with Crippen molar-refractivity contribution in [1.82, 2.24) is 9.97 Å². The maximum atomic E-state index is 8.77. The van der Waals surface area contributed by atoms with Gasteiger partial charge in [0.15, 0.2) is 0 Å². The molecule has 1 aliphatic rings. The van der Waals surface area contributed by atoms with E-state index in [9.17, 15) is 0 Å². The Morgan fingerprint density at radius 2 is 2.16 bits per heavy atom. The summed E-state index contributed by atoms with van der Waals surface area (Å²) in [5, 5.41) is 12.0. The third-order valence-electron chi connectivity index (χ3n) is 3.69. The second kappa shape index (κ2) is 7.28. The van der Waals surface area contributed by atoms with E-state index in [1.807, 2.05) is 6.07 Å². The zero-order valence-electron chi connectivity index (χ0n) is 11.7. The van der Waals surface area contributed by atoms with Crippen molar-refractivity contribution in [3.63, 3.8) is 0 Å². The van der Waals surface area contributed by atoms with Gasteiger partial charge >= 0.3 is 0 Å². The van der Waals surface area contributed by atoms with Gasteiger partial charge in [0, 0.05) is 32.8 Å². The molecule has 0 saturated heterocycles. The van der Waals surface area contributed by atoms with Gasteiger partial charge in [-0.25, -0.2) is 9.97 Å². The Bertz CT molecular complexity index is 379. The molecule has 0 spiro atoms. The summed E-state index contributed by atoms with van der Waals surface area (Å²) in [5.74, 6) is 2.61. The molecule has 5 heteroatoms. The van der Waals surface area contributed by atoms with Crippen molar-refractivity contribution < 1.29 is 5.11 Å². The van der Waals surface area contributed by atoms with Crippen LogP contribution in [-0.4, -0.2) is 41.8 Å². The molecular formula is C14H24N4O. The molecule has 1 heterocycles. The summed E-state index contributed by atoms with van der Waals surface area (Å²) in [6.45, 7) is 2.01. The van der Waals surface area contributed by atoms with Gasteiger partial charge in [-0.15, -0.1) is 0 Å². The summed E-state index contributed by atoms with van der Waals surface area (Å²) in [7, 11) is 2.10. The number of hydrogen-bond donors (Lipinski definition) is 2. The van der Waals surface area contributed by atoms with Crippen LogP contribution in [0, 0.1) is 5.92 Å². The minimum Gasteiger partial charge on any atom is -0.396 e. The fourth-order valence-corrected chi connectivity index (χ4v) is 2.62. The smallest absolute Gasteiger partial charge is 0.133 e. The van der Waals surface area contributed by atoms with E-state index >= 15 is 0 Å². The maximum absolute atomic E-state index is 8.77. The van der Waals surface area contributed by atoms with E-state index in [0.717, 1.165) is 37.1 Å². The second-order valence-corrected chi connectivity index (χ2v) is 5.30. The van der Waals surface area contributed by atoms with Crippen molar-refractivity contribution in [3.05, 3.63) is 12.4 Å². The van der Waals surface area contributed by atoms with Gasteiger partial charge < -0.3 is 15.3 Å². The van der Waals surface area contributed by atoms with E-state index in [1.54, 1.807) is 6.33 Å². The van der Waals surface area contributed by atoms with Gasteiger partial charge in [-0.3, -0.25) is 0 Å². The summed E-state index contributed by atoms with van der Waals surface area (Å²) in [6, 6.07) is 1.98. The second-order valence-electron chi connectivity index (χ2n) is 5.30. The number of rotatable bonds is 7. The molecule has 1 aromatic heterocycles. The SMILES string of the molecule is CN(CC1CCCC1)c1cc(NCCCO)ncn1. The molecule has 1 fully saturated rings. The van der Waals surface area contributed by atoms with Crippen LogP contribution in [0.4, 0.5) is 11.6 Å². The first-order valence-corrected chi connectivity index (χ1v) is 7.17. The first kappa shape index (κ1) is 14.1. The van der Waals surface area contributed by atoms with Crippen LogP contribution >= 0.6 is 0 Å². The number of aliphatic hydroxyl groups excluding tert-OH is 1. The van der Waals surface area contributed by atoms with Crippen LogP contribution in [0.5, 0.6) is 0 Å². The Morgan fingerprint density at radius 3 is 2.89 bits per heavy atom. The standard InChI is InChI=1S/C14H24N4O/c1-18(10-12-5-2-3-6-12)14-9-13(16-11-17-14)15-7-4-8-19/h9,11-12,19H,2-8,10H2,1H3,(H,15,16,17). The highest BCUT2D eigenvalue weighted by atomic mass is 16.3. The van der Waals surface area contributed by atoms with Gasteiger partial charge in [0.05, 0.1) is 0 Å². The summed E-state index contributed by atoms with van der Waals surface area (Å²) >= 11 is 0. The summed E-state index contributed by atoms with van der Waals surface area (Å²) in [6.07, 6.45) is 7.76. The van der Waals surface area contributed by atoms with E-state index in [2.05, 4.69) is 27.2 Å². The van der Waals surface area contributed by atoms with Crippen molar-refractivity contribution in [2.45, 2.75) is 32.1 Å². The number of hydrogen-bond acceptors (Lipinski definition) is 5. The molecule has 0 aromatic carbocycles. The molecular weight excluding hydrogens is 240 g/mol. The average Bonchev–Trinajstić information content (AvgIpc) is 2.92. The van der Waals surface area contributed by atoms with Crippen LogP contribution in [0.1, 0.15) is 32.1 Å². The van der Waals surface area contributed by atoms with Crippen LogP contribution in [0.15, 0.2) is 12.4 Å². The Morgan fingerprint density at radius 1 is 1.37 bits per heavy atom. The third-order valence-corrected chi connectivity index (χ3v) is 3.69. The molecule has 0 amide bonds. The molecule has 19 heavy (non-hydrogen) atoms. The Hall–Kier alpha value is -1.36. The van der Waals surface area contributed by atoms with E-state index in [0.29, 0.717) is 0 Å². The van der Waals surface area contributed by atoms with Crippen molar-refractivity contribution >= 4 is 11.6 Å². The fraction of sp³-hybridized carbons (Fsp3) is 0.714. The van der Waals surface area contributed by atoms with Crippen LogP contribution < -0.4 is 10.2 Å². The van der Waals surface area contributed by atoms with Crippen LogP contribution in [0.25, 0.3) is 0 Å². The highest BCUT2D eigenvalue weighted by Gasteiger charge is 2.17. The van der Waals surface area contributed by atoms with Gasteiger partial charge in [0.1, 0.15) is 18.0 Å². The van der Waals surface area contributed by atoms with Gasteiger partial charge in [-0.1, -0.05) is 12.8 Å². The molecule has 1 saturated carbocycles. The van der Waals surface area contributed by atoms with Crippen molar-refractivity contribution in [2.75, 3.05) is 37.0 Å². The predicted octanol–water partition coefficient (Wildman–Crippen LogP) is 1.90. The van der Waals surface area contributed by atoms with E-state index in [1.165, 1.54) is 25.7 Å².